The molecule has 0 saturated heterocycles. The lowest BCUT2D eigenvalue weighted by Gasteiger charge is -2.13. The monoisotopic (exact) mass is 1050 g/mol. The highest BCUT2D eigenvalue weighted by Crippen LogP contribution is 2.47. The summed E-state index contributed by atoms with van der Waals surface area (Å²) in [4.78, 5) is 12.9. The van der Waals surface area contributed by atoms with E-state index in [2.05, 4.69) is 51.2 Å². The average molecular weight is 1050 g/mol. The average Bonchev–Trinajstić information content (AvgIpc) is 3.85. The van der Waals surface area contributed by atoms with Gasteiger partial charge in [0.2, 0.25) is 11.8 Å². The molecule has 0 spiro atoms. The van der Waals surface area contributed by atoms with Crippen LogP contribution in [0.5, 0.6) is 11.6 Å². The van der Waals surface area contributed by atoms with Gasteiger partial charge in [0.05, 0.1) is 22.5 Å². The second-order valence-electron chi connectivity index (χ2n) is 13.7. The van der Waals surface area contributed by atoms with E-state index < -0.39 is 112 Å². The standard InChI is InChI=1S/C35H26N12O15S6/c1-15-19(14-36)32-38-20-5-3-4-6-25(20)47(32)33(50)28(15)42-39-21-8-7-17-18(31(21)68(60,61)62)11-27(67(57,58)59)29(30(17)49)43-41-24-12-22(37-16(2)48)23(13-26(24)66(54,55)56)40-44-34-45-46-35(64-34)63-9-10-65(51,52)53/h3-8,11-13,49-50H,9-10H2,1-2H3,(H,37,48)(H,51,52,53)(H,54,55,56)(H,57,58,59)(H,60,61,62). The Balaban J connectivity index is 1.34. The smallest absolute Gasteiger partial charge is 0.297 e. The number of para-hydroxylation sites is 2. The Labute approximate surface area is 389 Å². The number of aromatic hydroxyl groups is 2. The molecule has 0 atom stereocenters. The van der Waals surface area contributed by atoms with Gasteiger partial charge < -0.3 is 15.5 Å². The zero-order valence-corrected chi connectivity index (χ0v) is 38.7. The van der Waals surface area contributed by atoms with Crippen molar-refractivity contribution < 1.29 is 66.9 Å². The molecule has 68 heavy (non-hydrogen) atoms. The van der Waals surface area contributed by atoms with Gasteiger partial charge in [-0.05, 0) is 49.4 Å². The first kappa shape index (κ1) is 48.9. The molecular weight excluding hydrogens is 1020 g/mol. The van der Waals surface area contributed by atoms with Gasteiger partial charge in [0.1, 0.15) is 49.1 Å². The summed E-state index contributed by atoms with van der Waals surface area (Å²) < 4.78 is 140. The molecule has 0 bridgehead atoms. The molecule has 0 saturated carbocycles. The van der Waals surface area contributed by atoms with E-state index in [4.69, 9.17) is 4.55 Å². The van der Waals surface area contributed by atoms with Gasteiger partial charge in [-0.25, -0.2) is 4.98 Å². The van der Waals surface area contributed by atoms with Gasteiger partial charge >= 0.3 is 0 Å². The number of aromatic nitrogens is 4. The van der Waals surface area contributed by atoms with Crippen LogP contribution >= 0.6 is 23.1 Å². The number of pyridine rings is 1. The van der Waals surface area contributed by atoms with Crippen molar-refractivity contribution >= 4 is 136 Å². The van der Waals surface area contributed by atoms with Crippen LogP contribution < -0.4 is 5.32 Å². The second kappa shape index (κ2) is 18.2. The van der Waals surface area contributed by atoms with Gasteiger partial charge in [-0.15, -0.1) is 40.9 Å². The maximum Gasteiger partial charge on any atom is 0.297 e. The highest BCUT2D eigenvalue weighted by Gasteiger charge is 2.29. The van der Waals surface area contributed by atoms with Crippen LogP contribution in [0.15, 0.2) is 104 Å². The zero-order valence-electron chi connectivity index (χ0n) is 33.8. The summed E-state index contributed by atoms with van der Waals surface area (Å²) in [6, 6.07) is 12.2. The number of nitriles is 1. The lowest BCUT2D eigenvalue weighted by molar-refractivity contribution is -0.114. The fraction of sp³-hybridized carbons (Fsp3) is 0.114. The number of carbonyl (C=O) groups excluding carboxylic acids is 1. The number of phenolic OH excluding ortho intramolecular Hbond substituents is 1. The zero-order chi connectivity index (χ0) is 49.7. The molecule has 33 heteroatoms. The number of hydrogen-bond donors (Lipinski definition) is 7. The van der Waals surface area contributed by atoms with E-state index in [-0.39, 0.29) is 43.4 Å². The summed E-state index contributed by atoms with van der Waals surface area (Å²) in [6.07, 6.45) is 0. The fourth-order valence-electron chi connectivity index (χ4n) is 6.30. The molecule has 7 aromatic rings. The number of anilines is 1. The quantitative estimate of drug-likeness (QED) is 0.0327. The number of imidazole rings is 1. The van der Waals surface area contributed by atoms with E-state index in [1.54, 1.807) is 24.3 Å². The molecule has 0 aliphatic carbocycles. The minimum Gasteiger partial charge on any atom is -0.505 e. The molecule has 0 unspecified atom stereocenters. The summed E-state index contributed by atoms with van der Waals surface area (Å²) in [6.45, 7) is 2.43. The molecule has 3 aromatic heterocycles. The van der Waals surface area contributed by atoms with Crippen molar-refractivity contribution in [1.82, 2.24) is 19.6 Å². The second-order valence-corrected chi connectivity index (χ2v) is 21.7. The SMILES string of the molecule is CC(=O)Nc1cc(N=Nc2c(S(=O)(=O)O)cc3c(S(=O)(=O)O)c(N=Nc4c(C)c(C#N)c5nc6ccccc6n5c4O)ccc3c2O)c(S(=O)(=O)O)cc1N=Nc1nnc(SCCS(=O)(=O)O)s1. The lowest BCUT2D eigenvalue weighted by atomic mass is 10.1. The van der Waals surface area contributed by atoms with Gasteiger partial charge in [-0.1, -0.05) is 35.2 Å². The number of fused-ring (bicyclic) bond motifs is 4. The number of carbonyl (C=O) groups is 1. The van der Waals surface area contributed by atoms with Crippen LogP contribution in [-0.2, 0) is 45.3 Å². The van der Waals surface area contributed by atoms with Gasteiger partial charge in [0.25, 0.3) is 45.6 Å². The minimum absolute atomic E-state index is 0.0446. The molecule has 3 heterocycles. The first-order valence-corrected chi connectivity index (χ1v) is 25.9. The number of benzene rings is 4. The summed E-state index contributed by atoms with van der Waals surface area (Å²) in [5.74, 6) is -3.27. The highest BCUT2D eigenvalue weighted by atomic mass is 32.2. The first-order chi connectivity index (χ1) is 31.8. The molecule has 1 amide bonds. The predicted octanol–water partition coefficient (Wildman–Crippen LogP) is 7.01. The molecule has 4 aromatic carbocycles. The van der Waals surface area contributed by atoms with Crippen LogP contribution in [0.2, 0.25) is 0 Å². The normalized spacial score (nSPS) is 12.9. The van der Waals surface area contributed by atoms with E-state index in [0.717, 1.165) is 48.2 Å². The van der Waals surface area contributed by atoms with Gasteiger partial charge in [-0.3, -0.25) is 27.4 Å². The molecule has 0 fully saturated rings. The van der Waals surface area contributed by atoms with Gasteiger partial charge in [-0.2, -0.15) is 38.9 Å². The third-order valence-corrected chi connectivity index (χ3v) is 14.8. The number of hydrogen-bond acceptors (Lipinski definition) is 23. The third-order valence-electron chi connectivity index (χ3n) is 9.14. The maximum atomic E-state index is 13.0. The predicted molar refractivity (Wildman–Crippen MR) is 239 cm³/mol. The summed E-state index contributed by atoms with van der Waals surface area (Å²) in [5, 5.41) is 63.9. The summed E-state index contributed by atoms with van der Waals surface area (Å²) in [5.41, 5.74) is -3.05. The lowest BCUT2D eigenvalue weighted by Crippen LogP contribution is -2.07. The van der Waals surface area contributed by atoms with Gasteiger partial charge in [0, 0.05) is 29.0 Å². The largest absolute Gasteiger partial charge is 0.505 e. The molecule has 0 radical (unpaired) electrons. The molecule has 0 aliphatic rings. The summed E-state index contributed by atoms with van der Waals surface area (Å²) >= 11 is 1.70. The highest BCUT2D eigenvalue weighted by molar-refractivity contribution is 8.01. The maximum absolute atomic E-state index is 13.0. The summed E-state index contributed by atoms with van der Waals surface area (Å²) in [7, 11) is -20.6. The van der Waals surface area contributed by atoms with Crippen molar-refractivity contribution in [3.63, 3.8) is 0 Å². The Kier molecular flexibility index (Phi) is 13.1. The van der Waals surface area contributed by atoms with Crippen molar-refractivity contribution in [2.75, 3.05) is 16.8 Å². The molecule has 7 rings (SSSR count). The van der Waals surface area contributed by atoms with E-state index >= 15 is 0 Å². The fourth-order valence-corrected chi connectivity index (χ4v) is 11.0. The molecule has 0 aliphatic heterocycles. The Hall–Kier alpha value is -7.00. The number of rotatable bonds is 14. The topological polar surface area (TPSA) is 428 Å². The van der Waals surface area contributed by atoms with E-state index in [1.807, 2.05) is 6.07 Å². The van der Waals surface area contributed by atoms with Crippen LogP contribution in [0.25, 0.3) is 27.5 Å². The Bertz CT molecular complexity index is 3910. The number of thioether (sulfide) groups is 1. The molecule has 27 nitrogen and oxygen atoms in total. The van der Waals surface area contributed by atoms with E-state index in [0.29, 0.717) is 23.2 Å². The number of phenols is 1. The number of nitrogens with zero attached hydrogens (tertiary/aromatic N) is 11. The van der Waals surface area contributed by atoms with Crippen LogP contribution in [0.4, 0.5) is 39.3 Å². The number of amides is 1. The van der Waals surface area contributed by atoms with Crippen molar-refractivity contribution in [3.05, 3.63) is 65.7 Å². The molecule has 7 N–H and O–H groups in total. The number of azo groups is 3. The third kappa shape index (κ3) is 10.1. The van der Waals surface area contributed by atoms with E-state index in [9.17, 15) is 67.6 Å². The van der Waals surface area contributed by atoms with Crippen molar-refractivity contribution in [2.45, 2.75) is 32.9 Å². The number of nitrogens with one attached hydrogen (secondary N) is 1. The van der Waals surface area contributed by atoms with Crippen LogP contribution in [-0.4, -0.2) is 99.1 Å². The molecular formula is C35H26N12O15S6. The minimum atomic E-state index is -5.57. The van der Waals surface area contributed by atoms with Crippen molar-refractivity contribution in [2.24, 2.45) is 30.7 Å². The van der Waals surface area contributed by atoms with Crippen molar-refractivity contribution in [3.8, 4) is 17.7 Å². The Morgan fingerprint density at radius 2 is 1.46 bits per heavy atom. The Morgan fingerprint density at radius 3 is 2.10 bits per heavy atom. The molecule has 352 valence electrons. The van der Waals surface area contributed by atoms with Crippen LogP contribution in [0, 0.1) is 18.3 Å². The van der Waals surface area contributed by atoms with E-state index in [1.165, 1.54) is 11.3 Å². The van der Waals surface area contributed by atoms with Crippen molar-refractivity contribution in [1.29, 1.82) is 5.26 Å². The first-order valence-electron chi connectivity index (χ1n) is 18.2. The van der Waals surface area contributed by atoms with Crippen LogP contribution in [0.3, 0.4) is 0 Å². The Morgan fingerprint density at radius 1 is 0.794 bits per heavy atom. The van der Waals surface area contributed by atoms with Gasteiger partial charge in [0.15, 0.2) is 21.4 Å². The van der Waals surface area contributed by atoms with Crippen LogP contribution in [0.1, 0.15) is 18.1 Å².